The largest absolute Gasteiger partial charge is 0.489 e. The number of ether oxygens (including phenoxy) is 3. The van der Waals surface area contributed by atoms with E-state index in [0.29, 0.717) is 41.4 Å². The van der Waals surface area contributed by atoms with Crippen LogP contribution in [-0.4, -0.2) is 11.8 Å². The molecule has 33 heavy (non-hydrogen) atoms. The van der Waals surface area contributed by atoms with Gasteiger partial charge in [-0.05, 0) is 48.0 Å². The molecule has 0 fully saturated rings. The zero-order valence-corrected chi connectivity index (χ0v) is 18.1. The third-order valence-electron chi connectivity index (χ3n) is 5.08. The summed E-state index contributed by atoms with van der Waals surface area (Å²) in [6.45, 7) is 1.03. The molecule has 164 valence electrons. The van der Waals surface area contributed by atoms with Crippen molar-refractivity contribution in [3.63, 3.8) is 0 Å². The first-order valence-electron chi connectivity index (χ1n) is 10.2. The van der Waals surface area contributed by atoms with Crippen molar-refractivity contribution in [2.45, 2.75) is 13.2 Å². The van der Waals surface area contributed by atoms with Crippen LogP contribution in [0.5, 0.6) is 17.2 Å². The Hall–Kier alpha value is -4.15. The molecular weight excluding hydrogens is 442 g/mol. The molecule has 1 aromatic heterocycles. The first-order chi connectivity index (χ1) is 16.2. The fourth-order valence-corrected chi connectivity index (χ4v) is 3.53. The van der Waals surface area contributed by atoms with E-state index in [2.05, 4.69) is 16.4 Å². The highest BCUT2D eigenvalue weighted by Crippen LogP contribution is 2.33. The fourth-order valence-electron chi connectivity index (χ4n) is 3.34. The lowest BCUT2D eigenvalue weighted by atomic mass is 10.2. The zero-order valence-electron chi connectivity index (χ0n) is 17.4. The smallest absolute Gasteiger partial charge is 0.232 e. The minimum Gasteiger partial charge on any atom is -0.489 e. The summed E-state index contributed by atoms with van der Waals surface area (Å²) in [5.74, 6) is 2.76. The maximum atomic E-state index is 9.47. The predicted octanol–water partition coefficient (Wildman–Crippen LogP) is 5.79. The normalized spacial score (nSPS) is 11.8. The number of rotatable bonds is 7. The summed E-state index contributed by atoms with van der Waals surface area (Å²) in [6.07, 6.45) is 0. The summed E-state index contributed by atoms with van der Waals surface area (Å²) in [4.78, 5) is 4.31. The SMILES string of the molecule is N#Cc1nc(-c2ccc(OCc3ccccc3Cl)cc2)oc1NCc1ccc2c(c1)OCO2. The molecule has 0 atom stereocenters. The number of fused-ring (bicyclic) bond motifs is 1. The van der Waals surface area contributed by atoms with E-state index in [1.807, 2.05) is 66.7 Å². The summed E-state index contributed by atoms with van der Waals surface area (Å²) in [6, 6.07) is 22.6. The van der Waals surface area contributed by atoms with E-state index in [4.69, 9.17) is 30.2 Å². The average Bonchev–Trinajstić information content (AvgIpc) is 3.49. The third-order valence-corrected chi connectivity index (χ3v) is 5.45. The summed E-state index contributed by atoms with van der Waals surface area (Å²) < 4.78 is 22.4. The Morgan fingerprint density at radius 1 is 1.03 bits per heavy atom. The van der Waals surface area contributed by atoms with E-state index < -0.39 is 0 Å². The van der Waals surface area contributed by atoms with Crippen molar-refractivity contribution in [1.82, 2.24) is 4.98 Å². The van der Waals surface area contributed by atoms with Crippen LogP contribution in [0, 0.1) is 11.3 Å². The van der Waals surface area contributed by atoms with Crippen LogP contribution in [0.15, 0.2) is 71.1 Å². The number of nitriles is 1. The molecule has 1 aliphatic rings. The maximum Gasteiger partial charge on any atom is 0.232 e. The second-order valence-corrected chi connectivity index (χ2v) is 7.66. The summed E-state index contributed by atoms with van der Waals surface area (Å²) >= 11 is 6.17. The second-order valence-electron chi connectivity index (χ2n) is 7.25. The number of benzene rings is 3. The first-order valence-corrected chi connectivity index (χ1v) is 10.6. The lowest BCUT2D eigenvalue weighted by Crippen LogP contribution is -1.99. The Labute approximate surface area is 195 Å². The van der Waals surface area contributed by atoms with Crippen LogP contribution in [0.4, 0.5) is 5.88 Å². The van der Waals surface area contributed by atoms with Crippen LogP contribution in [0.2, 0.25) is 5.02 Å². The lowest BCUT2D eigenvalue weighted by Gasteiger charge is -2.08. The summed E-state index contributed by atoms with van der Waals surface area (Å²) in [5.41, 5.74) is 2.78. The molecule has 2 heterocycles. The van der Waals surface area contributed by atoms with Crippen molar-refractivity contribution >= 4 is 17.5 Å². The van der Waals surface area contributed by atoms with Gasteiger partial charge in [0.1, 0.15) is 18.4 Å². The average molecular weight is 460 g/mol. The maximum absolute atomic E-state index is 9.47. The minimum atomic E-state index is 0.185. The van der Waals surface area contributed by atoms with Gasteiger partial charge < -0.3 is 23.9 Å². The van der Waals surface area contributed by atoms with E-state index in [-0.39, 0.29) is 12.5 Å². The first kappa shape index (κ1) is 20.7. The van der Waals surface area contributed by atoms with E-state index in [1.54, 1.807) is 0 Å². The molecule has 1 N–H and O–H groups in total. The number of hydrogen-bond donors (Lipinski definition) is 1. The van der Waals surface area contributed by atoms with Crippen molar-refractivity contribution in [3.05, 3.63) is 88.6 Å². The topological polar surface area (TPSA) is 89.5 Å². The Kier molecular flexibility index (Phi) is 5.75. The molecule has 0 spiro atoms. The molecule has 7 nitrogen and oxygen atoms in total. The van der Waals surface area contributed by atoms with Crippen LogP contribution >= 0.6 is 11.6 Å². The van der Waals surface area contributed by atoms with Crippen molar-refractivity contribution < 1.29 is 18.6 Å². The van der Waals surface area contributed by atoms with Gasteiger partial charge in [-0.2, -0.15) is 10.2 Å². The van der Waals surface area contributed by atoms with Gasteiger partial charge >= 0.3 is 0 Å². The van der Waals surface area contributed by atoms with Gasteiger partial charge in [0.25, 0.3) is 0 Å². The number of anilines is 1. The van der Waals surface area contributed by atoms with Gasteiger partial charge in [-0.25, -0.2) is 0 Å². The van der Waals surface area contributed by atoms with Gasteiger partial charge in [-0.3, -0.25) is 0 Å². The van der Waals surface area contributed by atoms with E-state index in [1.165, 1.54) is 0 Å². The van der Waals surface area contributed by atoms with Crippen LogP contribution in [0.25, 0.3) is 11.5 Å². The van der Waals surface area contributed by atoms with Crippen LogP contribution in [0.3, 0.4) is 0 Å². The lowest BCUT2D eigenvalue weighted by molar-refractivity contribution is 0.174. The number of nitrogens with zero attached hydrogens (tertiary/aromatic N) is 2. The van der Waals surface area contributed by atoms with Gasteiger partial charge in [-0.1, -0.05) is 35.9 Å². The number of hydrogen-bond acceptors (Lipinski definition) is 7. The van der Waals surface area contributed by atoms with Crippen molar-refractivity contribution in [2.24, 2.45) is 0 Å². The Balaban J connectivity index is 1.26. The molecule has 0 radical (unpaired) electrons. The Bertz CT molecular complexity index is 1330. The number of oxazole rings is 1. The predicted molar refractivity (Wildman–Crippen MR) is 122 cm³/mol. The zero-order chi connectivity index (χ0) is 22.6. The van der Waals surface area contributed by atoms with E-state index >= 15 is 0 Å². The minimum absolute atomic E-state index is 0.185. The van der Waals surface area contributed by atoms with Crippen molar-refractivity contribution in [2.75, 3.05) is 12.1 Å². The molecule has 0 saturated carbocycles. The quantitative estimate of drug-likeness (QED) is 0.374. The fraction of sp³-hybridized carbons (Fsp3) is 0.120. The number of nitrogens with one attached hydrogen (secondary N) is 1. The third kappa shape index (κ3) is 4.56. The van der Waals surface area contributed by atoms with E-state index in [9.17, 15) is 5.26 Å². The van der Waals surface area contributed by atoms with Gasteiger partial charge in [0.05, 0.1) is 0 Å². The highest BCUT2D eigenvalue weighted by Gasteiger charge is 2.16. The Morgan fingerprint density at radius 3 is 2.67 bits per heavy atom. The van der Waals surface area contributed by atoms with Gasteiger partial charge in [-0.15, -0.1) is 0 Å². The molecule has 0 aliphatic carbocycles. The molecule has 0 unspecified atom stereocenters. The molecule has 3 aromatic carbocycles. The van der Waals surface area contributed by atoms with E-state index in [0.717, 1.165) is 22.4 Å². The summed E-state index contributed by atoms with van der Waals surface area (Å²) in [5, 5.41) is 13.3. The molecule has 8 heteroatoms. The molecule has 0 amide bonds. The molecule has 0 bridgehead atoms. The van der Waals surface area contributed by atoms with Gasteiger partial charge in [0, 0.05) is 22.7 Å². The second kappa shape index (κ2) is 9.15. The Morgan fingerprint density at radius 2 is 1.85 bits per heavy atom. The van der Waals surface area contributed by atoms with Gasteiger partial charge in [0.15, 0.2) is 11.5 Å². The number of aromatic nitrogens is 1. The molecule has 0 saturated heterocycles. The van der Waals surface area contributed by atoms with Gasteiger partial charge in [0.2, 0.25) is 24.3 Å². The number of halogens is 1. The van der Waals surface area contributed by atoms with Crippen molar-refractivity contribution in [3.8, 4) is 34.8 Å². The molecule has 5 rings (SSSR count). The summed E-state index contributed by atoms with van der Waals surface area (Å²) in [7, 11) is 0. The van der Waals surface area contributed by atoms with Crippen LogP contribution in [-0.2, 0) is 13.2 Å². The standard InChI is InChI=1S/C25H18ClN3O4/c26-20-4-2-1-3-18(20)14-30-19-8-6-17(7-9-19)24-29-21(12-27)25(33-24)28-13-16-5-10-22-23(11-16)32-15-31-22/h1-11,28H,13-15H2. The highest BCUT2D eigenvalue weighted by atomic mass is 35.5. The molecule has 4 aromatic rings. The molecular formula is C25H18ClN3O4. The monoisotopic (exact) mass is 459 g/mol. The highest BCUT2D eigenvalue weighted by molar-refractivity contribution is 6.31. The van der Waals surface area contributed by atoms with Crippen molar-refractivity contribution in [1.29, 1.82) is 5.26 Å². The van der Waals surface area contributed by atoms with Crippen LogP contribution in [0.1, 0.15) is 16.8 Å². The van der Waals surface area contributed by atoms with Crippen LogP contribution < -0.4 is 19.5 Å². The molecule has 1 aliphatic heterocycles.